The Bertz CT molecular complexity index is 949. The maximum atomic E-state index is 12.5. The molecule has 0 aromatic carbocycles. The van der Waals surface area contributed by atoms with Gasteiger partial charge in [0.05, 0.1) is 24.6 Å². The van der Waals surface area contributed by atoms with Crippen LogP contribution in [0.3, 0.4) is 0 Å². The largest absolute Gasteiger partial charge is 0.373 e. The molecule has 1 heterocycles. The Kier molecular flexibility index (Phi) is 6.55. The fraction of sp³-hybridized carbons (Fsp3) is 0.964. The minimum Gasteiger partial charge on any atom is -0.373 e. The van der Waals surface area contributed by atoms with Gasteiger partial charge in [0, 0.05) is 25.0 Å². The van der Waals surface area contributed by atoms with Crippen molar-refractivity contribution in [3.05, 3.63) is 0 Å². The Balaban J connectivity index is 1.44. The molecule has 6 nitrogen and oxygen atoms in total. The van der Waals surface area contributed by atoms with Crippen LogP contribution in [-0.2, 0) is 23.8 Å². The highest BCUT2D eigenvalue weighted by molar-refractivity contribution is 7.86. The standard InChI is InChI=1S/C28H47NO5S/c1-18(30)21-9-10-22-20-8-7-19-15-25(34-35(6,31)32)24(29-13-14-33-26(2,3)17-29)16-28(19,5)23(20)11-12-27(21,22)4/h19-25H,7-17H2,1-6H3/t19-,20-,21+,22-,23-,24-,25-,27+,28-/m0/s1. The van der Waals surface area contributed by atoms with E-state index >= 15 is 0 Å². The summed E-state index contributed by atoms with van der Waals surface area (Å²) < 4.78 is 36.4. The summed E-state index contributed by atoms with van der Waals surface area (Å²) in [4.78, 5) is 15.0. The lowest BCUT2D eigenvalue weighted by Gasteiger charge is -2.63. The molecular formula is C28H47NO5S. The number of hydrogen-bond acceptors (Lipinski definition) is 6. The van der Waals surface area contributed by atoms with Crippen molar-refractivity contribution in [2.45, 2.75) is 104 Å². The van der Waals surface area contributed by atoms with Crippen LogP contribution in [0.4, 0.5) is 0 Å². The number of hydrogen-bond donors (Lipinski definition) is 0. The van der Waals surface area contributed by atoms with Crippen LogP contribution in [0.25, 0.3) is 0 Å². The third-order valence-corrected chi connectivity index (χ3v) is 12.0. The minimum absolute atomic E-state index is 0.0924. The Labute approximate surface area is 213 Å². The van der Waals surface area contributed by atoms with E-state index in [1.165, 1.54) is 25.5 Å². The first-order chi connectivity index (χ1) is 16.2. The Morgan fingerprint density at radius 3 is 2.37 bits per heavy atom. The monoisotopic (exact) mass is 509 g/mol. The van der Waals surface area contributed by atoms with Crippen LogP contribution in [0.2, 0.25) is 0 Å². The number of ether oxygens (including phenoxy) is 1. The molecule has 5 aliphatic rings. The molecule has 5 rings (SSSR count). The number of fused-ring (bicyclic) bond motifs is 5. The predicted octanol–water partition coefficient (Wildman–Crippen LogP) is 4.67. The van der Waals surface area contributed by atoms with Crippen LogP contribution in [0.15, 0.2) is 0 Å². The lowest BCUT2D eigenvalue weighted by atomic mass is 9.44. The van der Waals surface area contributed by atoms with E-state index < -0.39 is 10.1 Å². The predicted molar refractivity (Wildman–Crippen MR) is 136 cm³/mol. The molecule has 0 spiro atoms. The fourth-order valence-corrected chi connectivity index (χ4v) is 10.6. The van der Waals surface area contributed by atoms with E-state index in [2.05, 4.69) is 32.6 Å². The summed E-state index contributed by atoms with van der Waals surface area (Å²) in [5.41, 5.74) is 0.114. The quantitative estimate of drug-likeness (QED) is 0.513. The molecule has 200 valence electrons. The first-order valence-electron chi connectivity index (χ1n) is 14.0. The van der Waals surface area contributed by atoms with Crippen molar-refractivity contribution in [1.29, 1.82) is 0 Å². The summed E-state index contributed by atoms with van der Waals surface area (Å²) in [5.74, 6) is 3.12. The number of carbonyl (C=O) groups excluding carboxylic acids is 1. The second-order valence-corrected chi connectivity index (χ2v) is 15.5. The lowest BCUT2D eigenvalue weighted by Crippen LogP contribution is -2.63. The molecule has 0 unspecified atom stereocenters. The van der Waals surface area contributed by atoms with Crippen LogP contribution in [0, 0.1) is 40.4 Å². The summed E-state index contributed by atoms with van der Waals surface area (Å²) >= 11 is 0. The van der Waals surface area contributed by atoms with Crippen LogP contribution in [-0.4, -0.2) is 62.8 Å². The van der Waals surface area contributed by atoms with E-state index in [9.17, 15) is 13.2 Å². The van der Waals surface area contributed by atoms with Crippen molar-refractivity contribution in [2.24, 2.45) is 40.4 Å². The maximum Gasteiger partial charge on any atom is 0.264 e. The average Bonchev–Trinajstić information content (AvgIpc) is 3.09. The maximum absolute atomic E-state index is 12.5. The normalized spacial score (nSPS) is 48.0. The van der Waals surface area contributed by atoms with E-state index in [-0.39, 0.29) is 34.5 Å². The Hall–Kier alpha value is -0.500. The molecule has 35 heavy (non-hydrogen) atoms. The van der Waals surface area contributed by atoms with Gasteiger partial charge < -0.3 is 4.74 Å². The van der Waals surface area contributed by atoms with Gasteiger partial charge in [-0.3, -0.25) is 13.9 Å². The van der Waals surface area contributed by atoms with Crippen molar-refractivity contribution < 1.29 is 22.1 Å². The summed E-state index contributed by atoms with van der Waals surface area (Å²) in [6.45, 7) is 13.3. The smallest absolute Gasteiger partial charge is 0.264 e. The second-order valence-electron chi connectivity index (χ2n) is 13.9. The van der Waals surface area contributed by atoms with Crippen LogP contribution in [0.1, 0.15) is 86.0 Å². The van der Waals surface area contributed by atoms with E-state index in [4.69, 9.17) is 8.92 Å². The topological polar surface area (TPSA) is 72.9 Å². The van der Waals surface area contributed by atoms with Gasteiger partial charge in [-0.05, 0) is 107 Å². The van der Waals surface area contributed by atoms with Crippen molar-refractivity contribution in [2.75, 3.05) is 26.0 Å². The molecule has 5 fully saturated rings. The highest BCUT2D eigenvalue weighted by Gasteiger charge is 2.62. The molecule has 0 aromatic heterocycles. The molecule has 0 aromatic rings. The molecule has 0 N–H and O–H groups in total. The second kappa shape index (κ2) is 8.78. The lowest BCUT2D eigenvalue weighted by molar-refractivity contribution is -0.165. The van der Waals surface area contributed by atoms with E-state index in [0.29, 0.717) is 36.1 Å². The minimum atomic E-state index is -3.53. The van der Waals surface area contributed by atoms with Gasteiger partial charge in [-0.25, -0.2) is 0 Å². The molecular weight excluding hydrogens is 462 g/mol. The number of rotatable bonds is 4. The van der Waals surface area contributed by atoms with Gasteiger partial charge in [0.1, 0.15) is 5.78 Å². The van der Waals surface area contributed by atoms with Gasteiger partial charge in [0.2, 0.25) is 0 Å². The number of nitrogens with zero attached hydrogens (tertiary/aromatic N) is 1. The molecule has 9 atom stereocenters. The van der Waals surface area contributed by atoms with Crippen molar-refractivity contribution >= 4 is 15.9 Å². The van der Waals surface area contributed by atoms with Gasteiger partial charge in [-0.2, -0.15) is 8.42 Å². The summed E-state index contributed by atoms with van der Waals surface area (Å²) in [7, 11) is -3.53. The SMILES string of the molecule is CC(=O)[C@H]1CC[C@H]2[C@@H]3CC[C@H]4C[C@H](OS(C)(=O)=O)[C@@H](N5CCOC(C)(C)C5)C[C@]4(C)[C@H]3CC[C@]12C. The number of carbonyl (C=O) groups is 1. The summed E-state index contributed by atoms with van der Waals surface area (Å²) in [5, 5.41) is 0. The van der Waals surface area contributed by atoms with Crippen molar-refractivity contribution in [3.63, 3.8) is 0 Å². The first kappa shape index (κ1) is 26.1. The van der Waals surface area contributed by atoms with Crippen LogP contribution >= 0.6 is 0 Å². The Morgan fingerprint density at radius 2 is 1.71 bits per heavy atom. The van der Waals surface area contributed by atoms with Crippen LogP contribution in [0.5, 0.6) is 0 Å². The molecule has 0 amide bonds. The van der Waals surface area contributed by atoms with Crippen molar-refractivity contribution in [1.82, 2.24) is 4.90 Å². The summed E-state index contributed by atoms with van der Waals surface area (Å²) in [6, 6.07) is 0.0924. The van der Waals surface area contributed by atoms with E-state index in [0.717, 1.165) is 45.2 Å². The number of Topliss-reactive ketones (excluding diaryl/α,β-unsaturated/α-hetero) is 1. The van der Waals surface area contributed by atoms with E-state index in [1.807, 2.05) is 0 Å². The van der Waals surface area contributed by atoms with Gasteiger partial charge in [-0.1, -0.05) is 13.8 Å². The third-order valence-electron chi connectivity index (χ3n) is 11.4. The third kappa shape index (κ3) is 4.55. The van der Waals surface area contributed by atoms with Gasteiger partial charge >= 0.3 is 0 Å². The molecule has 7 heteroatoms. The molecule has 1 aliphatic heterocycles. The number of morpholine rings is 1. The van der Waals surface area contributed by atoms with Crippen LogP contribution < -0.4 is 0 Å². The highest BCUT2D eigenvalue weighted by atomic mass is 32.2. The highest BCUT2D eigenvalue weighted by Crippen LogP contribution is 2.67. The van der Waals surface area contributed by atoms with Gasteiger partial charge in [0.25, 0.3) is 10.1 Å². The molecule has 1 saturated heterocycles. The summed E-state index contributed by atoms with van der Waals surface area (Å²) in [6.07, 6.45) is 9.73. The number of ketones is 1. The molecule has 4 aliphatic carbocycles. The van der Waals surface area contributed by atoms with E-state index in [1.54, 1.807) is 6.92 Å². The fourth-order valence-electron chi connectivity index (χ4n) is 9.96. The van der Waals surface area contributed by atoms with Gasteiger partial charge in [0.15, 0.2) is 0 Å². The zero-order chi connectivity index (χ0) is 25.4. The first-order valence-corrected chi connectivity index (χ1v) is 15.8. The van der Waals surface area contributed by atoms with Gasteiger partial charge in [-0.15, -0.1) is 0 Å². The van der Waals surface area contributed by atoms with Crippen molar-refractivity contribution in [3.8, 4) is 0 Å². The molecule has 0 bridgehead atoms. The average molecular weight is 510 g/mol. The zero-order valence-corrected chi connectivity index (χ0v) is 23.5. The Morgan fingerprint density at radius 1 is 1.00 bits per heavy atom. The molecule has 4 saturated carbocycles. The molecule has 0 radical (unpaired) electrons. The zero-order valence-electron chi connectivity index (χ0n) is 22.7.